The number of hydrogen-bond acceptors (Lipinski definition) is 6. The molecule has 2 amide bonds. The molecule has 1 aliphatic heterocycles. The first-order valence-corrected chi connectivity index (χ1v) is 8.51. The minimum Gasteiger partial charge on any atom is -0.324 e. The molecule has 6 nitrogen and oxygen atoms in total. The number of rotatable bonds is 3. The van der Waals surface area contributed by atoms with E-state index >= 15 is 0 Å². The summed E-state index contributed by atoms with van der Waals surface area (Å²) < 4.78 is 0. The number of aryl methyl sites for hydroxylation is 1. The topological polar surface area (TPSA) is 84.0 Å². The number of benzene rings is 1. The Morgan fingerprint density at radius 3 is 2.95 bits per heavy atom. The summed E-state index contributed by atoms with van der Waals surface area (Å²) in [6.07, 6.45) is 0.786. The Kier molecular flexibility index (Phi) is 4.12. The largest absolute Gasteiger partial charge is 0.324 e. The molecule has 2 heterocycles. The van der Waals surface area contributed by atoms with Crippen LogP contribution in [0.1, 0.15) is 29.2 Å². The number of anilines is 2. The van der Waals surface area contributed by atoms with E-state index < -0.39 is 0 Å². The Morgan fingerprint density at radius 2 is 2.23 bits per heavy atom. The highest BCUT2D eigenvalue weighted by atomic mass is 32.2. The molecule has 1 aliphatic rings. The molecule has 0 saturated carbocycles. The maximum Gasteiger partial charge on any atom is 0.257 e. The van der Waals surface area contributed by atoms with E-state index in [1.807, 2.05) is 19.9 Å². The van der Waals surface area contributed by atoms with Crippen LogP contribution in [0.4, 0.5) is 10.8 Å². The molecule has 0 saturated heterocycles. The Labute approximate surface area is 135 Å². The van der Waals surface area contributed by atoms with Crippen molar-refractivity contribution < 1.29 is 9.59 Å². The Hall–Kier alpha value is -1.93. The zero-order valence-electron chi connectivity index (χ0n) is 12.0. The molecule has 1 aromatic heterocycles. The number of carbonyl (C=O) groups excluding carboxylic acids is 2. The third kappa shape index (κ3) is 2.97. The lowest BCUT2D eigenvalue weighted by Crippen LogP contribution is -2.26. The molecule has 2 N–H and O–H groups in total. The minimum atomic E-state index is -0.264. The number of aromatic nitrogens is 2. The van der Waals surface area contributed by atoms with Crippen molar-refractivity contribution in [2.75, 3.05) is 10.6 Å². The van der Waals surface area contributed by atoms with Gasteiger partial charge in [-0.15, -0.1) is 22.0 Å². The van der Waals surface area contributed by atoms with Gasteiger partial charge in [-0.1, -0.05) is 18.3 Å². The summed E-state index contributed by atoms with van der Waals surface area (Å²) in [6, 6.07) is 5.28. The van der Waals surface area contributed by atoms with E-state index in [2.05, 4.69) is 20.8 Å². The predicted octanol–water partition coefficient (Wildman–Crippen LogP) is 2.79. The van der Waals surface area contributed by atoms with Crippen molar-refractivity contribution in [3.63, 3.8) is 0 Å². The van der Waals surface area contributed by atoms with E-state index in [-0.39, 0.29) is 17.1 Å². The van der Waals surface area contributed by atoms with Crippen LogP contribution in [0.5, 0.6) is 0 Å². The summed E-state index contributed by atoms with van der Waals surface area (Å²) in [5, 5.41) is 14.7. The van der Waals surface area contributed by atoms with E-state index in [9.17, 15) is 9.59 Å². The highest BCUT2D eigenvalue weighted by Gasteiger charge is 2.23. The molecule has 0 spiro atoms. The van der Waals surface area contributed by atoms with Crippen molar-refractivity contribution in [3.05, 3.63) is 28.8 Å². The summed E-state index contributed by atoms with van der Waals surface area (Å²) in [4.78, 5) is 24.9. The smallest absolute Gasteiger partial charge is 0.257 e. The maximum absolute atomic E-state index is 12.3. The predicted molar refractivity (Wildman–Crippen MR) is 87.6 cm³/mol. The van der Waals surface area contributed by atoms with Crippen molar-refractivity contribution in [2.24, 2.45) is 0 Å². The number of carbonyl (C=O) groups is 2. The zero-order chi connectivity index (χ0) is 15.7. The SMILES string of the molecule is CCc1nnc(NC(=O)c2ccc3c(c2)NC(=O)C(C)S3)s1. The molecule has 0 aliphatic carbocycles. The quantitative estimate of drug-likeness (QED) is 0.902. The van der Waals surface area contributed by atoms with E-state index in [0.29, 0.717) is 16.4 Å². The van der Waals surface area contributed by atoms with Gasteiger partial charge in [-0.25, -0.2) is 0 Å². The zero-order valence-corrected chi connectivity index (χ0v) is 13.7. The fourth-order valence-corrected chi connectivity index (χ4v) is 3.57. The van der Waals surface area contributed by atoms with Gasteiger partial charge in [-0.05, 0) is 31.5 Å². The monoisotopic (exact) mass is 334 g/mol. The molecular weight excluding hydrogens is 320 g/mol. The molecular formula is C14H14N4O2S2. The first kappa shape index (κ1) is 15.0. The number of nitrogens with one attached hydrogen (secondary N) is 2. The lowest BCUT2D eigenvalue weighted by Gasteiger charge is -2.21. The molecule has 1 aromatic carbocycles. The standard InChI is InChI=1S/C14H14N4O2S2/c1-3-11-17-18-14(22-11)16-13(20)8-4-5-10-9(6-8)15-12(19)7(2)21-10/h4-7H,3H2,1-2H3,(H,15,19)(H,16,18,20). The minimum absolute atomic E-state index is 0.0493. The van der Waals surface area contributed by atoms with E-state index in [1.54, 1.807) is 12.1 Å². The molecule has 1 atom stereocenters. The van der Waals surface area contributed by atoms with Crippen LogP contribution in [0.25, 0.3) is 0 Å². The normalized spacial score (nSPS) is 16.8. The van der Waals surface area contributed by atoms with Gasteiger partial charge in [0.15, 0.2) is 0 Å². The molecule has 3 rings (SSSR count). The fourth-order valence-electron chi connectivity index (χ4n) is 1.97. The molecule has 8 heteroatoms. The number of hydrogen-bond donors (Lipinski definition) is 2. The van der Waals surface area contributed by atoms with Gasteiger partial charge in [0.1, 0.15) is 5.01 Å². The molecule has 0 fully saturated rings. The van der Waals surface area contributed by atoms with E-state index in [4.69, 9.17) is 0 Å². The number of amides is 2. The maximum atomic E-state index is 12.3. The second-order valence-electron chi connectivity index (χ2n) is 4.77. The summed E-state index contributed by atoms with van der Waals surface area (Å²) in [6.45, 7) is 3.83. The second kappa shape index (κ2) is 6.05. The third-order valence-electron chi connectivity index (χ3n) is 3.16. The third-order valence-corrected chi connectivity index (χ3v) is 5.32. The molecule has 2 aromatic rings. The van der Waals surface area contributed by atoms with Gasteiger partial charge in [-0.2, -0.15) is 0 Å². The molecule has 22 heavy (non-hydrogen) atoms. The molecule has 0 radical (unpaired) electrons. The Morgan fingerprint density at radius 1 is 1.41 bits per heavy atom. The van der Waals surface area contributed by atoms with Crippen molar-refractivity contribution >= 4 is 45.7 Å². The van der Waals surface area contributed by atoms with Gasteiger partial charge < -0.3 is 5.32 Å². The first-order chi connectivity index (χ1) is 10.6. The first-order valence-electron chi connectivity index (χ1n) is 6.82. The van der Waals surface area contributed by atoms with Crippen molar-refractivity contribution in [3.8, 4) is 0 Å². The van der Waals surface area contributed by atoms with Gasteiger partial charge in [-0.3, -0.25) is 14.9 Å². The van der Waals surface area contributed by atoms with Crippen LogP contribution < -0.4 is 10.6 Å². The van der Waals surface area contributed by atoms with Gasteiger partial charge in [0.2, 0.25) is 11.0 Å². The van der Waals surface area contributed by atoms with Crippen molar-refractivity contribution in [1.82, 2.24) is 10.2 Å². The van der Waals surface area contributed by atoms with Crippen LogP contribution in [-0.4, -0.2) is 27.3 Å². The van der Waals surface area contributed by atoms with Crippen LogP contribution in [0.2, 0.25) is 0 Å². The highest BCUT2D eigenvalue weighted by molar-refractivity contribution is 8.00. The van der Waals surface area contributed by atoms with Gasteiger partial charge >= 0.3 is 0 Å². The van der Waals surface area contributed by atoms with Crippen LogP contribution >= 0.6 is 23.1 Å². The average Bonchev–Trinajstić information content (AvgIpc) is 2.95. The van der Waals surface area contributed by atoms with Gasteiger partial charge in [0.05, 0.1) is 10.9 Å². The highest BCUT2D eigenvalue weighted by Crippen LogP contribution is 2.36. The van der Waals surface area contributed by atoms with Gasteiger partial charge in [0, 0.05) is 10.5 Å². The van der Waals surface area contributed by atoms with Crippen molar-refractivity contribution in [1.29, 1.82) is 0 Å². The summed E-state index contributed by atoms with van der Waals surface area (Å²) in [7, 11) is 0. The summed E-state index contributed by atoms with van der Waals surface area (Å²) >= 11 is 2.84. The van der Waals surface area contributed by atoms with Crippen LogP contribution in [0, 0.1) is 0 Å². The number of fused-ring (bicyclic) bond motifs is 1. The molecule has 1 unspecified atom stereocenters. The second-order valence-corrected chi connectivity index (χ2v) is 7.21. The number of nitrogens with zero attached hydrogens (tertiary/aromatic N) is 2. The molecule has 114 valence electrons. The molecule has 0 bridgehead atoms. The van der Waals surface area contributed by atoms with E-state index in [0.717, 1.165) is 16.3 Å². The lowest BCUT2D eigenvalue weighted by molar-refractivity contribution is -0.115. The van der Waals surface area contributed by atoms with Crippen LogP contribution in [-0.2, 0) is 11.2 Å². The summed E-state index contributed by atoms with van der Waals surface area (Å²) in [5.41, 5.74) is 1.15. The van der Waals surface area contributed by atoms with E-state index in [1.165, 1.54) is 23.1 Å². The Balaban J connectivity index is 1.79. The summed E-state index contributed by atoms with van der Waals surface area (Å²) in [5.74, 6) is -0.314. The van der Waals surface area contributed by atoms with Crippen LogP contribution in [0.3, 0.4) is 0 Å². The van der Waals surface area contributed by atoms with Crippen LogP contribution in [0.15, 0.2) is 23.1 Å². The fraction of sp³-hybridized carbons (Fsp3) is 0.286. The average molecular weight is 334 g/mol. The lowest BCUT2D eigenvalue weighted by atomic mass is 10.2. The Bertz CT molecular complexity index is 744. The van der Waals surface area contributed by atoms with Crippen molar-refractivity contribution in [2.45, 2.75) is 30.4 Å². The van der Waals surface area contributed by atoms with Gasteiger partial charge in [0.25, 0.3) is 5.91 Å². The number of thioether (sulfide) groups is 1.